The molecule has 1 aromatic rings. The van der Waals surface area contributed by atoms with Gasteiger partial charge in [-0.1, -0.05) is 0 Å². The molecular formula is C17H26Sn. The van der Waals surface area contributed by atoms with Crippen LogP contribution in [0.4, 0.5) is 0 Å². The molecule has 2 bridgehead atoms. The van der Waals surface area contributed by atoms with E-state index < -0.39 is 18.4 Å². The molecule has 3 fully saturated rings. The van der Waals surface area contributed by atoms with E-state index in [4.69, 9.17) is 0 Å². The van der Waals surface area contributed by atoms with Crippen molar-refractivity contribution >= 4 is 18.4 Å². The maximum absolute atomic E-state index is 2.66. The molecule has 0 heterocycles. The number of rotatable bonds is 2. The van der Waals surface area contributed by atoms with Gasteiger partial charge in [0, 0.05) is 0 Å². The molecule has 98 valence electrons. The fraction of sp³-hybridized carbons (Fsp3) is 0.647. The van der Waals surface area contributed by atoms with Crippen molar-refractivity contribution in [3.63, 3.8) is 0 Å². The average Bonchev–Trinajstić information content (AvgIpc) is 2.41. The molecule has 3 aliphatic carbocycles. The van der Waals surface area contributed by atoms with Gasteiger partial charge in [0.25, 0.3) is 0 Å². The maximum atomic E-state index is 2.66. The Morgan fingerprint density at radius 1 is 0.778 bits per heavy atom. The summed E-state index contributed by atoms with van der Waals surface area (Å²) in [5, 5.41) is 0. The Balaban J connectivity index is 1.88. The average molecular weight is 349 g/mol. The third-order valence-electron chi connectivity index (χ3n) is 6.22. The Morgan fingerprint density at radius 2 is 1.28 bits per heavy atom. The summed E-state index contributed by atoms with van der Waals surface area (Å²) < 4.78 is 0.839. The topological polar surface area (TPSA) is 0 Å². The molecule has 18 heavy (non-hydrogen) atoms. The second kappa shape index (κ2) is 4.26. The molecule has 1 aromatic carbocycles. The van der Waals surface area contributed by atoms with Gasteiger partial charge in [0.15, 0.2) is 0 Å². The van der Waals surface area contributed by atoms with Gasteiger partial charge in [0.1, 0.15) is 0 Å². The van der Waals surface area contributed by atoms with Gasteiger partial charge in [0.2, 0.25) is 0 Å². The van der Waals surface area contributed by atoms with E-state index in [-0.39, 0.29) is 0 Å². The van der Waals surface area contributed by atoms with Crippen LogP contribution in [-0.4, -0.2) is 18.4 Å². The van der Waals surface area contributed by atoms with Crippen LogP contribution in [-0.2, 0) is 5.41 Å². The van der Waals surface area contributed by atoms with E-state index in [2.05, 4.69) is 45.2 Å². The van der Waals surface area contributed by atoms with Crippen LogP contribution in [0.25, 0.3) is 0 Å². The van der Waals surface area contributed by atoms with Crippen LogP contribution >= 0.6 is 0 Å². The Bertz CT molecular complexity index is 402. The first-order valence-electron chi connectivity index (χ1n) is 7.53. The fourth-order valence-electron chi connectivity index (χ4n) is 4.54. The van der Waals surface area contributed by atoms with Crippen molar-refractivity contribution in [2.45, 2.75) is 62.2 Å². The fourth-order valence-corrected chi connectivity index (χ4v) is 12.0. The van der Waals surface area contributed by atoms with Crippen molar-refractivity contribution < 1.29 is 0 Å². The van der Waals surface area contributed by atoms with E-state index in [0.717, 1.165) is 3.43 Å². The molecule has 0 nitrogen and oxygen atoms in total. The summed E-state index contributed by atoms with van der Waals surface area (Å²) in [6.07, 6.45) is 8.98. The predicted octanol–water partition coefficient (Wildman–Crippen LogP) is 5.37. The SMILES string of the molecule is [CH3][Sn]([CH3])([CH3])[C]12CCC(c3ccccc3)(CC1)CC2. The quantitative estimate of drug-likeness (QED) is 0.630. The number of hydrogen-bond acceptors (Lipinski definition) is 0. The van der Waals surface area contributed by atoms with Crippen LogP contribution < -0.4 is 0 Å². The summed E-state index contributed by atoms with van der Waals surface area (Å²) >= 11 is -1.76. The molecule has 0 atom stereocenters. The van der Waals surface area contributed by atoms with Crippen LogP contribution in [0.1, 0.15) is 44.1 Å². The van der Waals surface area contributed by atoms with E-state index in [1.165, 1.54) is 38.5 Å². The van der Waals surface area contributed by atoms with E-state index in [1.54, 1.807) is 5.56 Å². The first-order valence-corrected chi connectivity index (χ1v) is 17.5. The van der Waals surface area contributed by atoms with E-state index in [1.807, 2.05) is 0 Å². The Hall–Kier alpha value is 0.0187. The van der Waals surface area contributed by atoms with Crippen molar-refractivity contribution in [3.05, 3.63) is 35.9 Å². The van der Waals surface area contributed by atoms with Crippen molar-refractivity contribution in [1.29, 1.82) is 0 Å². The van der Waals surface area contributed by atoms with E-state index in [0.29, 0.717) is 5.41 Å². The molecular weight excluding hydrogens is 323 g/mol. The summed E-state index contributed by atoms with van der Waals surface area (Å²) in [6, 6.07) is 11.4. The zero-order valence-electron chi connectivity index (χ0n) is 12.1. The molecule has 0 unspecified atom stereocenters. The third-order valence-corrected chi connectivity index (χ3v) is 17.4. The summed E-state index contributed by atoms with van der Waals surface area (Å²) in [4.78, 5) is 7.99. The second-order valence-electron chi connectivity index (χ2n) is 7.68. The Morgan fingerprint density at radius 3 is 1.72 bits per heavy atom. The zero-order valence-corrected chi connectivity index (χ0v) is 15.0. The van der Waals surface area contributed by atoms with Crippen molar-refractivity contribution in [2.24, 2.45) is 0 Å². The minimum atomic E-state index is -1.76. The number of hydrogen-bond donors (Lipinski definition) is 0. The molecule has 3 saturated carbocycles. The first kappa shape index (κ1) is 13.0. The standard InChI is InChI=1S/C14H17.3CH3.Sn/c1-2-4-13(5-3-1)14-9-6-12(7-10-14)8-11-14;;;;/h1-5H,6-11H2;3*1H3;. The van der Waals surface area contributed by atoms with Gasteiger partial charge in [-0.15, -0.1) is 0 Å². The van der Waals surface area contributed by atoms with Crippen LogP contribution in [0.2, 0.25) is 18.2 Å². The summed E-state index contributed by atoms with van der Waals surface area (Å²) in [5.41, 5.74) is 2.18. The molecule has 0 aromatic heterocycles. The molecule has 0 amide bonds. The molecule has 0 saturated heterocycles. The summed E-state index contributed by atoms with van der Waals surface area (Å²) in [6.45, 7) is 0. The van der Waals surface area contributed by atoms with Gasteiger partial charge in [-0.3, -0.25) is 0 Å². The molecule has 0 aliphatic heterocycles. The van der Waals surface area contributed by atoms with Crippen molar-refractivity contribution in [2.75, 3.05) is 0 Å². The normalized spacial score (nSPS) is 35.7. The van der Waals surface area contributed by atoms with Gasteiger partial charge in [-0.25, -0.2) is 0 Å². The molecule has 3 aliphatic rings. The van der Waals surface area contributed by atoms with E-state index >= 15 is 0 Å². The first-order chi connectivity index (χ1) is 8.48. The Labute approximate surface area is 116 Å². The zero-order chi connectivity index (χ0) is 12.9. The van der Waals surface area contributed by atoms with Crippen LogP contribution in [0.15, 0.2) is 30.3 Å². The van der Waals surface area contributed by atoms with Crippen molar-refractivity contribution in [3.8, 4) is 0 Å². The van der Waals surface area contributed by atoms with Gasteiger partial charge < -0.3 is 0 Å². The van der Waals surface area contributed by atoms with Crippen LogP contribution in [0.5, 0.6) is 0 Å². The van der Waals surface area contributed by atoms with Crippen molar-refractivity contribution in [1.82, 2.24) is 0 Å². The van der Waals surface area contributed by atoms with Gasteiger partial charge in [0.05, 0.1) is 0 Å². The molecule has 0 spiro atoms. The van der Waals surface area contributed by atoms with Gasteiger partial charge >= 0.3 is 116 Å². The summed E-state index contributed by atoms with van der Waals surface area (Å²) in [7, 11) is 0. The monoisotopic (exact) mass is 350 g/mol. The van der Waals surface area contributed by atoms with Gasteiger partial charge in [-0.05, 0) is 0 Å². The van der Waals surface area contributed by atoms with Crippen LogP contribution in [0.3, 0.4) is 0 Å². The van der Waals surface area contributed by atoms with Gasteiger partial charge in [-0.2, -0.15) is 0 Å². The van der Waals surface area contributed by atoms with E-state index in [9.17, 15) is 0 Å². The molecule has 0 radical (unpaired) electrons. The number of benzene rings is 1. The Kier molecular flexibility index (Phi) is 3.08. The summed E-state index contributed by atoms with van der Waals surface area (Å²) in [5.74, 6) is 0. The molecule has 1 heteroatoms. The predicted molar refractivity (Wildman–Crippen MR) is 81.9 cm³/mol. The molecule has 0 N–H and O–H groups in total. The minimum absolute atomic E-state index is 0.556. The number of fused-ring (bicyclic) bond motifs is 3. The molecule has 4 rings (SSSR count). The third kappa shape index (κ3) is 1.86. The second-order valence-corrected chi connectivity index (χ2v) is 23.5. The van der Waals surface area contributed by atoms with Crippen LogP contribution in [0, 0.1) is 0 Å².